The lowest BCUT2D eigenvalue weighted by atomic mass is 10.2. The summed E-state index contributed by atoms with van der Waals surface area (Å²) < 4.78 is 5.84. The Labute approximate surface area is 87.2 Å². The first kappa shape index (κ1) is 10.1. The van der Waals surface area contributed by atoms with Crippen LogP contribution >= 0.6 is 0 Å². The molecule has 1 nitrogen and oxygen atoms in total. The second-order valence-corrected chi connectivity index (χ2v) is 5.51. The summed E-state index contributed by atoms with van der Waals surface area (Å²) in [7, 11) is 0. The maximum absolute atomic E-state index is 5.84. The van der Waals surface area contributed by atoms with E-state index in [9.17, 15) is 0 Å². The first-order valence-corrected chi connectivity index (χ1v) is 5.67. The summed E-state index contributed by atoms with van der Waals surface area (Å²) in [4.78, 5) is 0. The Hall–Kier alpha value is -0.480. The van der Waals surface area contributed by atoms with E-state index in [4.69, 9.17) is 4.74 Å². The van der Waals surface area contributed by atoms with E-state index < -0.39 is 0 Å². The van der Waals surface area contributed by atoms with Gasteiger partial charge in [-0.1, -0.05) is 0 Å². The molecule has 1 heteroatoms. The third kappa shape index (κ3) is 2.30. The first-order chi connectivity index (χ1) is 6.58. The molecule has 0 aromatic rings. The van der Waals surface area contributed by atoms with Crippen molar-refractivity contribution in [3.63, 3.8) is 0 Å². The van der Waals surface area contributed by atoms with Gasteiger partial charge in [-0.3, -0.25) is 0 Å². The lowest BCUT2D eigenvalue weighted by molar-refractivity contribution is -0.0121. The van der Waals surface area contributed by atoms with Gasteiger partial charge in [0.2, 0.25) is 0 Å². The fourth-order valence-electron chi connectivity index (χ4n) is 2.37. The van der Waals surface area contributed by atoms with E-state index in [2.05, 4.69) is 32.6 Å². The van der Waals surface area contributed by atoms with Crippen molar-refractivity contribution >= 4 is 0 Å². The molecule has 0 radical (unpaired) electrons. The van der Waals surface area contributed by atoms with E-state index in [-0.39, 0.29) is 5.60 Å². The molecule has 0 N–H and O–H groups in total. The minimum atomic E-state index is 0.0213. The molecule has 14 heavy (non-hydrogen) atoms. The zero-order valence-electron chi connectivity index (χ0n) is 9.47. The second kappa shape index (κ2) is 3.59. The average Bonchev–Trinajstić information content (AvgIpc) is 2.72. The van der Waals surface area contributed by atoms with Crippen LogP contribution in [0, 0.1) is 29.6 Å². The minimum Gasteiger partial charge on any atom is -0.376 e. The summed E-state index contributed by atoms with van der Waals surface area (Å²) in [5.74, 6) is 9.04. The molecule has 2 aliphatic rings. The lowest BCUT2D eigenvalue weighted by Gasteiger charge is -2.19. The van der Waals surface area contributed by atoms with Crippen LogP contribution in [0.2, 0.25) is 0 Å². The predicted octanol–water partition coefficient (Wildman–Crippen LogP) is 2.85. The molecule has 0 spiro atoms. The first-order valence-electron chi connectivity index (χ1n) is 5.67. The molecule has 3 atom stereocenters. The summed E-state index contributed by atoms with van der Waals surface area (Å²) in [5.41, 5.74) is 0.0213. The molecule has 0 heterocycles. The SMILES string of the molecule is CC(C)(C)OC[C@@H]1[C@@H]2CC#CCC[C@@H]21. The second-order valence-electron chi connectivity index (χ2n) is 5.51. The van der Waals surface area contributed by atoms with Crippen molar-refractivity contribution in [3.05, 3.63) is 0 Å². The van der Waals surface area contributed by atoms with Crippen LogP contribution in [0.25, 0.3) is 0 Å². The molecule has 1 fully saturated rings. The molecule has 0 aliphatic heterocycles. The molecule has 2 aliphatic carbocycles. The highest BCUT2D eigenvalue weighted by Crippen LogP contribution is 2.52. The summed E-state index contributed by atoms with van der Waals surface area (Å²) in [6, 6.07) is 0. The normalized spacial score (nSPS) is 35.2. The Kier molecular flexibility index (Phi) is 2.58. The number of hydrogen-bond acceptors (Lipinski definition) is 1. The summed E-state index contributed by atoms with van der Waals surface area (Å²) in [6.07, 6.45) is 3.52. The van der Waals surface area contributed by atoms with Crippen LogP contribution < -0.4 is 0 Å². The highest BCUT2D eigenvalue weighted by atomic mass is 16.5. The largest absolute Gasteiger partial charge is 0.376 e. The van der Waals surface area contributed by atoms with E-state index in [1.54, 1.807) is 0 Å². The number of rotatable bonds is 2. The molecule has 0 saturated heterocycles. The maximum atomic E-state index is 5.84. The van der Waals surface area contributed by atoms with Crippen molar-refractivity contribution < 1.29 is 4.74 Å². The van der Waals surface area contributed by atoms with Crippen LogP contribution in [-0.2, 0) is 4.74 Å². The molecule has 0 bridgehead atoms. The molecule has 2 rings (SSSR count). The highest BCUT2D eigenvalue weighted by Gasteiger charge is 2.49. The Morgan fingerprint density at radius 3 is 2.71 bits per heavy atom. The topological polar surface area (TPSA) is 9.23 Å². The number of ether oxygens (including phenoxy) is 1. The molecule has 0 unspecified atom stereocenters. The third-order valence-corrected chi connectivity index (χ3v) is 3.28. The number of hydrogen-bond donors (Lipinski definition) is 0. The van der Waals surface area contributed by atoms with Gasteiger partial charge in [-0.05, 0) is 44.9 Å². The van der Waals surface area contributed by atoms with E-state index >= 15 is 0 Å². The summed E-state index contributed by atoms with van der Waals surface area (Å²) in [6.45, 7) is 7.34. The van der Waals surface area contributed by atoms with Gasteiger partial charge in [-0.25, -0.2) is 0 Å². The quantitative estimate of drug-likeness (QED) is 0.611. The molecule has 0 amide bonds. The van der Waals surface area contributed by atoms with Crippen molar-refractivity contribution in [1.82, 2.24) is 0 Å². The zero-order chi connectivity index (χ0) is 10.2. The van der Waals surface area contributed by atoms with Gasteiger partial charge in [-0.15, -0.1) is 11.8 Å². The van der Waals surface area contributed by atoms with E-state index in [1.807, 2.05) is 0 Å². The van der Waals surface area contributed by atoms with Crippen LogP contribution in [0.1, 0.15) is 40.0 Å². The Morgan fingerprint density at radius 2 is 2.00 bits per heavy atom. The fourth-order valence-corrected chi connectivity index (χ4v) is 2.37. The van der Waals surface area contributed by atoms with Crippen LogP contribution in [0.4, 0.5) is 0 Å². The van der Waals surface area contributed by atoms with Crippen molar-refractivity contribution in [2.75, 3.05) is 6.61 Å². The zero-order valence-corrected chi connectivity index (χ0v) is 9.47. The van der Waals surface area contributed by atoms with Crippen LogP contribution in [-0.4, -0.2) is 12.2 Å². The molecule has 1 saturated carbocycles. The van der Waals surface area contributed by atoms with E-state index in [0.717, 1.165) is 37.2 Å². The monoisotopic (exact) mass is 192 g/mol. The summed E-state index contributed by atoms with van der Waals surface area (Å²) >= 11 is 0. The van der Waals surface area contributed by atoms with E-state index in [1.165, 1.54) is 6.42 Å². The predicted molar refractivity (Wildman–Crippen MR) is 57.8 cm³/mol. The summed E-state index contributed by atoms with van der Waals surface area (Å²) in [5, 5.41) is 0. The average molecular weight is 192 g/mol. The van der Waals surface area contributed by atoms with Gasteiger partial charge in [0.15, 0.2) is 0 Å². The van der Waals surface area contributed by atoms with Gasteiger partial charge < -0.3 is 4.74 Å². The molecular formula is C13H20O. The van der Waals surface area contributed by atoms with Crippen molar-refractivity contribution in [1.29, 1.82) is 0 Å². The smallest absolute Gasteiger partial charge is 0.0598 e. The Balaban J connectivity index is 1.78. The van der Waals surface area contributed by atoms with Gasteiger partial charge in [0.1, 0.15) is 0 Å². The number of fused-ring (bicyclic) bond motifs is 1. The minimum absolute atomic E-state index is 0.0213. The standard InChI is InChI=1S/C13H20O/c1-13(2,3)14-9-12-10-7-5-4-6-8-11(10)12/h10-12H,5,7-9H2,1-3H3/t10-,11+,12-/m0/s1. The molecular weight excluding hydrogens is 172 g/mol. The van der Waals surface area contributed by atoms with Crippen molar-refractivity contribution in [2.45, 2.75) is 45.6 Å². The van der Waals surface area contributed by atoms with Gasteiger partial charge in [0.05, 0.1) is 12.2 Å². The molecule has 0 aromatic heterocycles. The van der Waals surface area contributed by atoms with Crippen LogP contribution in [0.15, 0.2) is 0 Å². The van der Waals surface area contributed by atoms with Crippen LogP contribution in [0.5, 0.6) is 0 Å². The van der Waals surface area contributed by atoms with Gasteiger partial charge in [0, 0.05) is 12.8 Å². The van der Waals surface area contributed by atoms with Crippen LogP contribution in [0.3, 0.4) is 0 Å². The molecule has 0 aromatic carbocycles. The highest BCUT2D eigenvalue weighted by molar-refractivity contribution is 5.12. The van der Waals surface area contributed by atoms with Crippen molar-refractivity contribution in [3.8, 4) is 11.8 Å². The van der Waals surface area contributed by atoms with Gasteiger partial charge in [-0.2, -0.15) is 0 Å². The lowest BCUT2D eigenvalue weighted by Crippen LogP contribution is -2.21. The van der Waals surface area contributed by atoms with Crippen molar-refractivity contribution in [2.24, 2.45) is 17.8 Å². The van der Waals surface area contributed by atoms with Gasteiger partial charge in [0.25, 0.3) is 0 Å². The Morgan fingerprint density at radius 1 is 1.21 bits per heavy atom. The molecule has 78 valence electrons. The third-order valence-electron chi connectivity index (χ3n) is 3.28. The Bertz CT molecular complexity index is 263. The fraction of sp³-hybridized carbons (Fsp3) is 0.846. The van der Waals surface area contributed by atoms with Gasteiger partial charge >= 0.3 is 0 Å². The van der Waals surface area contributed by atoms with E-state index in [0.29, 0.717) is 0 Å². The maximum Gasteiger partial charge on any atom is 0.0598 e.